The summed E-state index contributed by atoms with van der Waals surface area (Å²) in [5, 5.41) is 14.3. The van der Waals surface area contributed by atoms with Crippen molar-refractivity contribution in [2.75, 3.05) is 0 Å². The van der Waals surface area contributed by atoms with Gasteiger partial charge in [-0.2, -0.15) is 0 Å². The summed E-state index contributed by atoms with van der Waals surface area (Å²) in [5.41, 5.74) is 1.02. The van der Waals surface area contributed by atoms with E-state index >= 15 is 0 Å². The molecule has 0 fully saturated rings. The SMILES string of the molecule is Cc1ccc(CC(C)NCc2cc(Br)cc([N+](=O)[O-])c2)s1. The predicted octanol–water partition coefficient (Wildman–Crippen LogP) is 4.45. The Morgan fingerprint density at radius 3 is 2.76 bits per heavy atom. The molecule has 0 aliphatic heterocycles. The number of hydrogen-bond acceptors (Lipinski definition) is 4. The molecular weight excluding hydrogens is 352 g/mol. The van der Waals surface area contributed by atoms with Gasteiger partial charge in [-0.15, -0.1) is 11.3 Å². The van der Waals surface area contributed by atoms with E-state index in [0.717, 1.165) is 16.5 Å². The topological polar surface area (TPSA) is 55.2 Å². The van der Waals surface area contributed by atoms with Crippen LogP contribution in [0.5, 0.6) is 0 Å². The fourth-order valence-electron chi connectivity index (χ4n) is 2.10. The summed E-state index contributed by atoms with van der Waals surface area (Å²) in [6.45, 7) is 4.85. The summed E-state index contributed by atoms with van der Waals surface area (Å²) in [6, 6.07) is 9.64. The van der Waals surface area contributed by atoms with Crippen molar-refractivity contribution in [1.29, 1.82) is 0 Å². The third-order valence-electron chi connectivity index (χ3n) is 3.11. The molecular formula is C15H17BrN2O2S. The van der Waals surface area contributed by atoms with Gasteiger partial charge in [-0.3, -0.25) is 10.1 Å². The highest BCUT2D eigenvalue weighted by Crippen LogP contribution is 2.21. The molecule has 1 unspecified atom stereocenters. The van der Waals surface area contributed by atoms with Crippen molar-refractivity contribution < 1.29 is 4.92 Å². The van der Waals surface area contributed by atoms with Crippen LogP contribution in [0.3, 0.4) is 0 Å². The Balaban J connectivity index is 1.94. The maximum atomic E-state index is 10.9. The Morgan fingerprint density at radius 1 is 1.38 bits per heavy atom. The highest BCUT2D eigenvalue weighted by molar-refractivity contribution is 9.10. The van der Waals surface area contributed by atoms with Gasteiger partial charge in [-0.1, -0.05) is 15.9 Å². The molecule has 1 aromatic carbocycles. The lowest BCUT2D eigenvalue weighted by Gasteiger charge is -2.13. The van der Waals surface area contributed by atoms with Crippen LogP contribution in [0.15, 0.2) is 34.8 Å². The average Bonchev–Trinajstić information content (AvgIpc) is 2.81. The van der Waals surface area contributed by atoms with Gasteiger partial charge in [-0.25, -0.2) is 0 Å². The summed E-state index contributed by atoms with van der Waals surface area (Å²) >= 11 is 5.12. The third kappa shape index (κ3) is 4.91. The van der Waals surface area contributed by atoms with Gasteiger partial charge < -0.3 is 5.32 Å². The number of halogens is 1. The van der Waals surface area contributed by atoms with E-state index in [4.69, 9.17) is 0 Å². The second-order valence-electron chi connectivity index (χ2n) is 5.07. The van der Waals surface area contributed by atoms with Crippen LogP contribution in [0, 0.1) is 17.0 Å². The van der Waals surface area contributed by atoms with Gasteiger partial charge in [-0.05, 0) is 44.0 Å². The molecule has 2 aromatic rings. The van der Waals surface area contributed by atoms with E-state index in [1.54, 1.807) is 6.07 Å². The molecule has 0 amide bonds. The summed E-state index contributed by atoms with van der Waals surface area (Å²) in [7, 11) is 0. The Hall–Kier alpha value is -1.24. The Labute approximate surface area is 136 Å². The number of non-ortho nitro benzene ring substituents is 1. The molecule has 0 saturated heterocycles. The molecule has 1 atom stereocenters. The van der Waals surface area contributed by atoms with Gasteiger partial charge in [0.1, 0.15) is 0 Å². The van der Waals surface area contributed by atoms with E-state index in [0.29, 0.717) is 12.6 Å². The molecule has 1 heterocycles. The van der Waals surface area contributed by atoms with Crippen LogP contribution < -0.4 is 5.32 Å². The molecule has 112 valence electrons. The first-order chi connectivity index (χ1) is 9.94. The predicted molar refractivity (Wildman–Crippen MR) is 89.9 cm³/mol. The maximum Gasteiger partial charge on any atom is 0.270 e. The number of nitrogens with zero attached hydrogens (tertiary/aromatic N) is 1. The van der Waals surface area contributed by atoms with Crippen molar-refractivity contribution in [3.8, 4) is 0 Å². The fraction of sp³-hybridized carbons (Fsp3) is 0.333. The molecule has 0 saturated carbocycles. The van der Waals surface area contributed by atoms with E-state index in [9.17, 15) is 10.1 Å². The average molecular weight is 369 g/mol. The maximum absolute atomic E-state index is 10.9. The summed E-state index contributed by atoms with van der Waals surface area (Å²) in [4.78, 5) is 13.2. The molecule has 6 heteroatoms. The Bertz CT molecular complexity index is 642. The minimum atomic E-state index is -0.369. The normalized spacial score (nSPS) is 12.3. The third-order valence-corrected chi connectivity index (χ3v) is 4.59. The van der Waals surface area contributed by atoms with Crippen LogP contribution in [0.2, 0.25) is 0 Å². The first-order valence-electron chi connectivity index (χ1n) is 6.66. The van der Waals surface area contributed by atoms with Gasteiger partial charge in [0.2, 0.25) is 0 Å². The molecule has 0 radical (unpaired) electrons. The van der Waals surface area contributed by atoms with Crippen molar-refractivity contribution in [3.05, 3.63) is 60.2 Å². The van der Waals surface area contributed by atoms with Gasteiger partial charge >= 0.3 is 0 Å². The molecule has 21 heavy (non-hydrogen) atoms. The van der Waals surface area contributed by atoms with Crippen LogP contribution in [-0.4, -0.2) is 11.0 Å². The second-order valence-corrected chi connectivity index (χ2v) is 7.36. The van der Waals surface area contributed by atoms with Crippen LogP contribution in [0.4, 0.5) is 5.69 Å². The quantitative estimate of drug-likeness (QED) is 0.605. The summed E-state index contributed by atoms with van der Waals surface area (Å²) < 4.78 is 0.732. The highest BCUT2D eigenvalue weighted by atomic mass is 79.9. The number of nitrogens with one attached hydrogen (secondary N) is 1. The monoisotopic (exact) mass is 368 g/mol. The number of aryl methyl sites for hydroxylation is 1. The molecule has 1 N–H and O–H groups in total. The lowest BCUT2D eigenvalue weighted by Crippen LogP contribution is -2.27. The first kappa shape index (κ1) is 16.1. The van der Waals surface area contributed by atoms with Gasteiger partial charge in [0.25, 0.3) is 5.69 Å². The standard InChI is InChI=1S/C15H17BrN2O2S/c1-10(5-15-4-3-11(2)21-15)17-9-12-6-13(16)8-14(7-12)18(19)20/h3-4,6-8,10,17H,5,9H2,1-2H3. The summed E-state index contributed by atoms with van der Waals surface area (Å²) in [5.74, 6) is 0. The van der Waals surface area contributed by atoms with Crippen molar-refractivity contribution in [2.45, 2.75) is 32.9 Å². The van der Waals surface area contributed by atoms with Crippen LogP contribution >= 0.6 is 27.3 Å². The van der Waals surface area contributed by atoms with Gasteiger partial charge in [0.15, 0.2) is 0 Å². The van der Waals surface area contributed by atoms with Gasteiger partial charge in [0.05, 0.1) is 4.92 Å². The van der Waals surface area contributed by atoms with E-state index in [1.165, 1.54) is 15.8 Å². The number of hydrogen-bond donors (Lipinski definition) is 1. The number of thiophene rings is 1. The van der Waals surface area contributed by atoms with Crippen LogP contribution in [-0.2, 0) is 13.0 Å². The molecule has 0 bridgehead atoms. The smallest absolute Gasteiger partial charge is 0.270 e. The summed E-state index contributed by atoms with van der Waals surface area (Å²) in [6.07, 6.45) is 0.967. The van der Waals surface area contributed by atoms with Crippen molar-refractivity contribution in [3.63, 3.8) is 0 Å². The fourth-order valence-corrected chi connectivity index (χ4v) is 3.65. The van der Waals surface area contributed by atoms with E-state index < -0.39 is 0 Å². The van der Waals surface area contributed by atoms with E-state index in [1.807, 2.05) is 17.4 Å². The number of nitro groups is 1. The first-order valence-corrected chi connectivity index (χ1v) is 8.27. The Morgan fingerprint density at radius 2 is 2.14 bits per heavy atom. The zero-order valence-electron chi connectivity index (χ0n) is 11.9. The molecule has 0 aliphatic rings. The molecule has 0 aliphatic carbocycles. The van der Waals surface area contributed by atoms with Crippen molar-refractivity contribution in [1.82, 2.24) is 5.32 Å². The lowest BCUT2D eigenvalue weighted by atomic mass is 10.1. The zero-order valence-corrected chi connectivity index (χ0v) is 14.3. The van der Waals surface area contributed by atoms with E-state index in [-0.39, 0.29) is 10.6 Å². The van der Waals surface area contributed by atoms with Crippen LogP contribution in [0.1, 0.15) is 22.2 Å². The minimum Gasteiger partial charge on any atom is -0.310 e. The largest absolute Gasteiger partial charge is 0.310 e. The molecule has 2 rings (SSSR count). The zero-order chi connectivity index (χ0) is 15.4. The lowest BCUT2D eigenvalue weighted by molar-refractivity contribution is -0.385. The van der Waals surface area contributed by atoms with E-state index in [2.05, 4.69) is 47.2 Å². The number of nitro benzene ring substituents is 1. The second kappa shape index (κ2) is 7.15. The number of rotatable bonds is 6. The van der Waals surface area contributed by atoms with Crippen molar-refractivity contribution >= 4 is 33.0 Å². The van der Waals surface area contributed by atoms with Crippen molar-refractivity contribution in [2.24, 2.45) is 0 Å². The number of benzene rings is 1. The van der Waals surface area contributed by atoms with Gasteiger partial charge in [0, 0.05) is 38.9 Å². The van der Waals surface area contributed by atoms with Crippen LogP contribution in [0.25, 0.3) is 0 Å². The minimum absolute atomic E-state index is 0.114. The molecule has 4 nitrogen and oxygen atoms in total. The molecule has 1 aromatic heterocycles. The highest BCUT2D eigenvalue weighted by Gasteiger charge is 2.10. The molecule has 0 spiro atoms. The Kier molecular flexibility index (Phi) is 5.50.